The monoisotopic (exact) mass is 533 g/mol. The average molecular weight is 535 g/mol. The van der Waals surface area contributed by atoms with E-state index in [9.17, 15) is 0 Å². The lowest BCUT2D eigenvalue weighted by molar-refractivity contribution is 0.851. The molecule has 2 unspecified atom stereocenters. The summed E-state index contributed by atoms with van der Waals surface area (Å²) in [4.78, 5) is 10.6. The van der Waals surface area contributed by atoms with Crippen molar-refractivity contribution < 1.29 is 0 Å². The molecule has 31 heavy (non-hydrogen) atoms. The van der Waals surface area contributed by atoms with Crippen molar-refractivity contribution in [1.29, 1.82) is 0 Å². The van der Waals surface area contributed by atoms with Gasteiger partial charge in [0.1, 0.15) is 0 Å². The molecule has 0 spiro atoms. The van der Waals surface area contributed by atoms with Crippen LogP contribution < -0.4 is 0 Å². The highest BCUT2D eigenvalue weighted by atomic mass is 79.9. The summed E-state index contributed by atoms with van der Waals surface area (Å²) in [7, 11) is 0. The Balaban J connectivity index is 1.61. The Morgan fingerprint density at radius 2 is 1.00 bits per heavy atom. The van der Waals surface area contributed by atoms with E-state index < -0.39 is 0 Å². The van der Waals surface area contributed by atoms with Crippen molar-refractivity contribution in [3.05, 3.63) is 140 Å². The molecule has 3 heterocycles. The van der Waals surface area contributed by atoms with Crippen molar-refractivity contribution in [2.45, 2.75) is 11.8 Å². The number of rotatable bonds is 6. The fraction of sp³-hybridized carbons (Fsp3) is 0.0769. The molecule has 3 N–H and O–H groups in total. The van der Waals surface area contributed by atoms with Gasteiger partial charge in [-0.3, -0.25) is 0 Å². The molecule has 154 valence electrons. The van der Waals surface area contributed by atoms with Gasteiger partial charge >= 0.3 is 0 Å². The third-order valence-electron chi connectivity index (χ3n) is 5.58. The van der Waals surface area contributed by atoms with Gasteiger partial charge in [-0.1, -0.05) is 56.1 Å². The van der Waals surface area contributed by atoms with Crippen molar-refractivity contribution >= 4 is 31.9 Å². The van der Waals surface area contributed by atoms with E-state index in [2.05, 4.69) is 120 Å². The number of aromatic nitrogens is 3. The molecule has 3 nitrogen and oxygen atoms in total. The molecule has 0 aliphatic rings. The Morgan fingerprint density at radius 3 is 1.39 bits per heavy atom. The van der Waals surface area contributed by atoms with Crippen LogP contribution in [0, 0.1) is 0 Å². The van der Waals surface area contributed by atoms with E-state index in [0.717, 1.165) is 31.7 Å². The number of hydrogen-bond acceptors (Lipinski definition) is 0. The van der Waals surface area contributed by atoms with Crippen LogP contribution >= 0.6 is 31.9 Å². The highest BCUT2D eigenvalue weighted by Gasteiger charge is 2.24. The van der Waals surface area contributed by atoms with Gasteiger partial charge < -0.3 is 15.0 Å². The fourth-order valence-corrected chi connectivity index (χ4v) is 5.07. The third kappa shape index (κ3) is 4.21. The maximum absolute atomic E-state index is 3.76. The smallest absolute Gasteiger partial charge is 0.0641 e. The summed E-state index contributed by atoms with van der Waals surface area (Å²) in [6.45, 7) is 0. The highest BCUT2D eigenvalue weighted by Crippen LogP contribution is 2.36. The number of hydrogen-bond donors (Lipinski definition) is 3. The van der Waals surface area contributed by atoms with Gasteiger partial charge in [-0.15, -0.1) is 0 Å². The largest absolute Gasteiger partial charge is 0.364 e. The molecule has 2 aromatic carbocycles. The molecule has 0 aliphatic carbocycles. The molecule has 5 aromatic rings. The van der Waals surface area contributed by atoms with E-state index in [-0.39, 0.29) is 11.8 Å². The second-order valence-corrected chi connectivity index (χ2v) is 9.43. The van der Waals surface area contributed by atoms with Crippen molar-refractivity contribution in [3.63, 3.8) is 0 Å². The van der Waals surface area contributed by atoms with Crippen LogP contribution in [0.25, 0.3) is 0 Å². The molecule has 0 aliphatic heterocycles. The van der Waals surface area contributed by atoms with Crippen molar-refractivity contribution in [3.8, 4) is 0 Å². The molecule has 2 atom stereocenters. The van der Waals surface area contributed by atoms with Crippen LogP contribution in [0.4, 0.5) is 0 Å². The van der Waals surface area contributed by atoms with Gasteiger partial charge in [-0.05, 0) is 71.8 Å². The molecule has 5 rings (SSSR count). The lowest BCUT2D eigenvalue weighted by Crippen LogP contribution is -2.07. The molecule has 5 heteroatoms. The van der Waals surface area contributed by atoms with Gasteiger partial charge in [0.25, 0.3) is 0 Å². The van der Waals surface area contributed by atoms with Gasteiger partial charge in [0.05, 0.1) is 11.8 Å². The number of benzene rings is 2. The number of H-pyrrole nitrogens is 3. The summed E-state index contributed by atoms with van der Waals surface area (Å²) in [5.74, 6) is 0.182. The zero-order chi connectivity index (χ0) is 21.2. The zero-order valence-corrected chi connectivity index (χ0v) is 19.8. The van der Waals surface area contributed by atoms with Gasteiger partial charge in [-0.25, -0.2) is 0 Å². The minimum atomic E-state index is 0.0908. The van der Waals surface area contributed by atoms with Gasteiger partial charge in [0.15, 0.2) is 0 Å². The fourth-order valence-electron chi connectivity index (χ4n) is 4.24. The van der Waals surface area contributed by atoms with Crippen LogP contribution in [0.1, 0.15) is 45.7 Å². The van der Waals surface area contributed by atoms with E-state index in [4.69, 9.17) is 0 Å². The Kier molecular flexibility index (Phi) is 5.70. The normalized spacial score (nSPS) is 13.2. The molecule has 0 amide bonds. The van der Waals surface area contributed by atoms with E-state index in [1.807, 2.05) is 24.5 Å². The minimum Gasteiger partial charge on any atom is -0.364 e. The lowest BCUT2D eigenvalue weighted by Gasteiger charge is -2.18. The Morgan fingerprint density at radius 1 is 0.516 bits per heavy atom. The Hall–Kier alpha value is -2.76. The van der Waals surface area contributed by atoms with E-state index in [1.165, 1.54) is 11.1 Å². The SMILES string of the molecule is Brc1cccc(C(c2ccc[nH]2)c2ccc(C(c3cccc(Br)c3)c3ccc[nH]3)[nH]2)c1. The number of halogens is 2. The summed E-state index contributed by atoms with van der Waals surface area (Å²) in [5.41, 5.74) is 7.08. The maximum Gasteiger partial charge on any atom is 0.0641 e. The highest BCUT2D eigenvalue weighted by molar-refractivity contribution is 9.10. The topological polar surface area (TPSA) is 47.4 Å². The molecule has 3 aromatic heterocycles. The second-order valence-electron chi connectivity index (χ2n) is 7.60. The summed E-state index contributed by atoms with van der Waals surface area (Å²) in [6, 6.07) is 29.8. The van der Waals surface area contributed by atoms with Crippen LogP contribution in [0.15, 0.2) is 106 Å². The predicted molar refractivity (Wildman–Crippen MR) is 133 cm³/mol. The van der Waals surface area contributed by atoms with Crippen LogP contribution in [-0.2, 0) is 0 Å². The zero-order valence-electron chi connectivity index (χ0n) is 16.6. The summed E-state index contributed by atoms with van der Waals surface area (Å²) in [6.07, 6.45) is 3.96. The number of nitrogens with one attached hydrogen (secondary N) is 3. The predicted octanol–water partition coefficient (Wildman–Crippen LogP) is 7.56. The van der Waals surface area contributed by atoms with Crippen molar-refractivity contribution in [1.82, 2.24) is 15.0 Å². The minimum absolute atomic E-state index is 0.0908. The molecule has 0 radical (unpaired) electrons. The summed E-state index contributed by atoms with van der Waals surface area (Å²) >= 11 is 7.26. The summed E-state index contributed by atoms with van der Waals surface area (Å²) in [5, 5.41) is 0. The number of aromatic amines is 3. The van der Waals surface area contributed by atoms with Gasteiger partial charge in [0, 0.05) is 44.1 Å². The van der Waals surface area contributed by atoms with Crippen molar-refractivity contribution in [2.24, 2.45) is 0 Å². The average Bonchev–Trinajstić information content (AvgIpc) is 3.53. The van der Waals surface area contributed by atoms with Crippen LogP contribution in [0.2, 0.25) is 0 Å². The second kappa shape index (κ2) is 8.77. The maximum atomic E-state index is 3.76. The Labute approximate surface area is 198 Å². The van der Waals surface area contributed by atoms with Gasteiger partial charge in [0.2, 0.25) is 0 Å². The van der Waals surface area contributed by atoms with Crippen LogP contribution in [0.3, 0.4) is 0 Å². The Bertz CT molecular complexity index is 1170. The first-order valence-corrected chi connectivity index (χ1v) is 11.7. The third-order valence-corrected chi connectivity index (χ3v) is 6.57. The molecule has 0 bridgehead atoms. The molecule has 0 saturated carbocycles. The van der Waals surface area contributed by atoms with Crippen LogP contribution in [-0.4, -0.2) is 15.0 Å². The van der Waals surface area contributed by atoms with E-state index in [1.54, 1.807) is 0 Å². The molecule has 0 saturated heterocycles. The first-order valence-electron chi connectivity index (χ1n) is 10.2. The first-order chi connectivity index (χ1) is 15.2. The standard InChI is InChI=1S/C26H21Br2N3/c27-19-7-1-5-17(15-19)25(21-9-3-13-29-21)23-11-12-24(31-23)26(22-10-4-14-30-22)18-6-2-8-20(28)16-18/h1-16,25-26,29-31H. The van der Waals surface area contributed by atoms with Crippen molar-refractivity contribution in [2.75, 3.05) is 0 Å². The van der Waals surface area contributed by atoms with Gasteiger partial charge in [-0.2, -0.15) is 0 Å². The lowest BCUT2D eigenvalue weighted by atomic mass is 9.92. The van der Waals surface area contributed by atoms with Crippen LogP contribution in [0.5, 0.6) is 0 Å². The van der Waals surface area contributed by atoms with E-state index >= 15 is 0 Å². The van der Waals surface area contributed by atoms with E-state index in [0.29, 0.717) is 0 Å². The molecule has 0 fully saturated rings. The first kappa shape index (κ1) is 20.2. The molecular formula is C26H21Br2N3. The summed E-state index contributed by atoms with van der Waals surface area (Å²) < 4.78 is 2.15. The quantitative estimate of drug-likeness (QED) is 0.201. The molecular weight excluding hydrogens is 514 g/mol.